The highest BCUT2D eigenvalue weighted by Gasteiger charge is 2.27. The highest BCUT2D eigenvalue weighted by molar-refractivity contribution is 5.87. The third-order valence-electron chi connectivity index (χ3n) is 3.69. The topological polar surface area (TPSA) is 75.6 Å². The molecule has 2 aromatic carbocycles. The molecular formula is C19H21NO4. The first-order valence-electron chi connectivity index (χ1n) is 7.83. The second-order valence-electron chi connectivity index (χ2n) is 5.47. The predicted octanol–water partition coefficient (Wildman–Crippen LogP) is 3.09. The number of amides is 1. The molecule has 0 heterocycles. The molecular weight excluding hydrogens is 306 g/mol. The lowest BCUT2D eigenvalue weighted by Crippen LogP contribution is -2.42. The highest BCUT2D eigenvalue weighted by atomic mass is 16.5. The van der Waals surface area contributed by atoms with Gasteiger partial charge in [-0.2, -0.15) is 0 Å². The second kappa shape index (κ2) is 8.15. The molecule has 0 saturated carbocycles. The largest absolute Gasteiger partial charge is 0.480 e. The number of hydrogen-bond acceptors (Lipinski definition) is 3. The molecule has 5 nitrogen and oxygen atoms in total. The molecule has 0 spiro atoms. The molecule has 1 amide bonds. The molecule has 5 heteroatoms. The van der Waals surface area contributed by atoms with Crippen molar-refractivity contribution in [2.45, 2.75) is 32.4 Å². The second-order valence-corrected chi connectivity index (χ2v) is 5.47. The fourth-order valence-electron chi connectivity index (χ4n) is 2.33. The van der Waals surface area contributed by atoms with Crippen molar-refractivity contribution in [3.05, 3.63) is 65.7 Å². The summed E-state index contributed by atoms with van der Waals surface area (Å²) in [7, 11) is 0. The van der Waals surface area contributed by atoms with Crippen LogP contribution in [0.25, 0.3) is 0 Å². The Morgan fingerprint density at radius 2 is 1.71 bits per heavy atom. The molecule has 0 aliphatic carbocycles. The van der Waals surface area contributed by atoms with Gasteiger partial charge in [0.2, 0.25) is 0 Å². The van der Waals surface area contributed by atoms with Crippen molar-refractivity contribution in [2.75, 3.05) is 0 Å². The Kier molecular flexibility index (Phi) is 5.95. The maximum Gasteiger partial charge on any atom is 0.330 e. The number of carbonyl (C=O) groups is 2. The third-order valence-corrected chi connectivity index (χ3v) is 3.69. The van der Waals surface area contributed by atoms with Crippen LogP contribution in [0.3, 0.4) is 0 Å². The number of carboxylic acids is 1. The third kappa shape index (κ3) is 4.35. The van der Waals surface area contributed by atoms with Crippen molar-refractivity contribution >= 4 is 11.9 Å². The van der Waals surface area contributed by atoms with Crippen LogP contribution in [-0.4, -0.2) is 23.1 Å². The molecule has 2 rings (SSSR count). The lowest BCUT2D eigenvalue weighted by Gasteiger charge is -2.21. The average Bonchev–Trinajstić information content (AvgIpc) is 2.59. The van der Waals surface area contributed by atoms with Gasteiger partial charge < -0.3 is 15.2 Å². The van der Waals surface area contributed by atoms with Crippen molar-refractivity contribution < 1.29 is 19.4 Å². The van der Waals surface area contributed by atoms with Crippen molar-refractivity contribution in [3.63, 3.8) is 0 Å². The Labute approximate surface area is 141 Å². The summed E-state index contributed by atoms with van der Waals surface area (Å²) in [5.41, 5.74) is 1.44. The van der Waals surface area contributed by atoms with Crippen molar-refractivity contribution in [2.24, 2.45) is 0 Å². The lowest BCUT2D eigenvalue weighted by atomic mass is 10.1. The van der Waals surface area contributed by atoms with Gasteiger partial charge >= 0.3 is 5.97 Å². The molecule has 0 aliphatic heterocycles. The number of aliphatic carboxylic acids is 1. The minimum absolute atomic E-state index is 0.432. The van der Waals surface area contributed by atoms with Gasteiger partial charge in [-0.1, -0.05) is 55.5 Å². The summed E-state index contributed by atoms with van der Waals surface area (Å²) < 4.78 is 5.77. The van der Waals surface area contributed by atoms with Crippen LogP contribution < -0.4 is 10.1 Å². The van der Waals surface area contributed by atoms with Crippen LogP contribution in [0.2, 0.25) is 0 Å². The summed E-state index contributed by atoms with van der Waals surface area (Å²) in [4.78, 5) is 24.0. The van der Waals surface area contributed by atoms with Gasteiger partial charge in [0.15, 0.2) is 12.1 Å². The number of para-hydroxylation sites is 1. The van der Waals surface area contributed by atoms with Crippen LogP contribution in [0.1, 0.15) is 30.5 Å². The molecule has 2 atom stereocenters. The number of aryl methyl sites for hydroxylation is 1. The SMILES string of the molecule is CCC(Oc1ccccc1C)C(=O)N[C@@H](C(=O)O)c1ccccc1. The van der Waals surface area contributed by atoms with Gasteiger partial charge in [0.25, 0.3) is 5.91 Å². The molecule has 1 unspecified atom stereocenters. The fraction of sp³-hybridized carbons (Fsp3) is 0.263. The van der Waals surface area contributed by atoms with Crippen LogP contribution in [0.4, 0.5) is 0 Å². The van der Waals surface area contributed by atoms with Gasteiger partial charge in [0.1, 0.15) is 5.75 Å². The fourth-order valence-corrected chi connectivity index (χ4v) is 2.33. The number of rotatable bonds is 7. The Bertz CT molecular complexity index is 700. The van der Waals surface area contributed by atoms with Crippen molar-refractivity contribution in [3.8, 4) is 5.75 Å². The van der Waals surface area contributed by atoms with E-state index in [9.17, 15) is 14.7 Å². The molecule has 0 bridgehead atoms. The van der Waals surface area contributed by atoms with Crippen LogP contribution in [0.5, 0.6) is 5.75 Å². The number of nitrogens with one attached hydrogen (secondary N) is 1. The molecule has 0 saturated heterocycles. The molecule has 24 heavy (non-hydrogen) atoms. The Balaban J connectivity index is 2.13. The molecule has 126 valence electrons. The van der Waals surface area contributed by atoms with Gasteiger partial charge in [-0.3, -0.25) is 4.79 Å². The van der Waals surface area contributed by atoms with E-state index >= 15 is 0 Å². The monoisotopic (exact) mass is 327 g/mol. The number of hydrogen-bond donors (Lipinski definition) is 2. The normalized spacial score (nSPS) is 12.9. The number of ether oxygens (including phenoxy) is 1. The van der Waals surface area contributed by atoms with Crippen LogP contribution >= 0.6 is 0 Å². The number of carboxylic acid groups (broad SMARTS) is 1. The Morgan fingerprint density at radius 3 is 2.29 bits per heavy atom. The van der Waals surface area contributed by atoms with E-state index in [1.54, 1.807) is 36.4 Å². The van der Waals surface area contributed by atoms with Crippen LogP contribution in [0.15, 0.2) is 54.6 Å². The minimum atomic E-state index is -1.11. The summed E-state index contributed by atoms with van der Waals surface area (Å²) >= 11 is 0. The quantitative estimate of drug-likeness (QED) is 0.819. The van der Waals surface area contributed by atoms with Gasteiger partial charge in [-0.25, -0.2) is 4.79 Å². The van der Waals surface area contributed by atoms with Crippen LogP contribution in [0, 0.1) is 6.92 Å². The van der Waals surface area contributed by atoms with Gasteiger partial charge in [0, 0.05) is 0 Å². The predicted molar refractivity (Wildman–Crippen MR) is 90.8 cm³/mol. The smallest absolute Gasteiger partial charge is 0.330 e. The first kappa shape index (κ1) is 17.5. The maximum atomic E-state index is 12.5. The molecule has 2 N–H and O–H groups in total. The number of benzene rings is 2. The van der Waals surface area contributed by atoms with E-state index in [1.807, 2.05) is 32.0 Å². The van der Waals surface area contributed by atoms with Crippen molar-refractivity contribution in [1.82, 2.24) is 5.32 Å². The molecule has 0 fully saturated rings. The van der Waals surface area contributed by atoms with Gasteiger partial charge in [-0.05, 0) is 30.5 Å². The first-order chi connectivity index (χ1) is 11.5. The van der Waals surface area contributed by atoms with Crippen LogP contribution in [-0.2, 0) is 9.59 Å². The zero-order valence-electron chi connectivity index (χ0n) is 13.7. The lowest BCUT2D eigenvalue weighted by molar-refractivity contribution is -0.143. The zero-order chi connectivity index (χ0) is 17.5. The number of carbonyl (C=O) groups excluding carboxylic acids is 1. The van der Waals surface area contributed by atoms with E-state index < -0.39 is 24.0 Å². The van der Waals surface area contributed by atoms with Crippen molar-refractivity contribution in [1.29, 1.82) is 0 Å². The summed E-state index contributed by atoms with van der Waals surface area (Å²) in [5, 5.41) is 12.0. The molecule has 0 aliphatic rings. The van der Waals surface area contributed by atoms with E-state index in [4.69, 9.17) is 4.74 Å². The molecule has 2 aromatic rings. The molecule has 0 aromatic heterocycles. The summed E-state index contributed by atoms with van der Waals surface area (Å²) in [6, 6.07) is 14.9. The van der Waals surface area contributed by atoms with E-state index in [-0.39, 0.29) is 0 Å². The summed E-state index contributed by atoms with van der Waals surface area (Å²) in [6.45, 7) is 3.71. The highest BCUT2D eigenvalue weighted by Crippen LogP contribution is 2.20. The average molecular weight is 327 g/mol. The van der Waals surface area contributed by atoms with E-state index in [2.05, 4.69) is 5.32 Å². The minimum Gasteiger partial charge on any atom is -0.480 e. The first-order valence-corrected chi connectivity index (χ1v) is 7.83. The zero-order valence-corrected chi connectivity index (χ0v) is 13.7. The summed E-state index contributed by atoms with van der Waals surface area (Å²) in [6.07, 6.45) is -0.321. The molecule has 0 radical (unpaired) electrons. The maximum absolute atomic E-state index is 12.5. The van der Waals surface area contributed by atoms with E-state index in [1.165, 1.54) is 0 Å². The van der Waals surface area contributed by atoms with E-state index in [0.29, 0.717) is 17.7 Å². The van der Waals surface area contributed by atoms with Gasteiger partial charge in [0.05, 0.1) is 0 Å². The van der Waals surface area contributed by atoms with Gasteiger partial charge in [-0.15, -0.1) is 0 Å². The Hall–Kier alpha value is -2.82. The summed E-state index contributed by atoms with van der Waals surface area (Å²) in [5.74, 6) is -0.941. The van der Waals surface area contributed by atoms with E-state index in [0.717, 1.165) is 5.56 Å². The Morgan fingerprint density at radius 1 is 1.08 bits per heavy atom. The standard InChI is InChI=1S/C19H21NO4/c1-3-15(24-16-12-8-7-9-13(16)2)18(21)20-17(19(22)23)14-10-5-4-6-11-14/h4-12,15,17H,3H2,1-2H3,(H,20,21)(H,22,23)/t15?,17-/m1/s1.